The number of halogens is 1. The Morgan fingerprint density at radius 2 is 1.81 bits per heavy atom. The third kappa shape index (κ3) is 6.46. The largest absolute Gasteiger partial charge is 0.348 e. The minimum absolute atomic E-state index is 0.234. The first-order valence-corrected chi connectivity index (χ1v) is 8.72. The second-order valence-electron chi connectivity index (χ2n) is 5.26. The van der Waals surface area contributed by atoms with Gasteiger partial charge >= 0.3 is 0 Å². The molecule has 1 aromatic rings. The Balaban J connectivity index is 2.84. The molecule has 118 valence electrons. The van der Waals surface area contributed by atoms with Crippen molar-refractivity contribution in [3.8, 4) is 0 Å². The Labute approximate surface area is 131 Å². The van der Waals surface area contributed by atoms with Crippen LogP contribution in [-0.4, -0.2) is 27.1 Å². The Hall–Kier alpha value is -1.11. The van der Waals surface area contributed by atoms with Crippen molar-refractivity contribution in [2.24, 2.45) is 5.92 Å². The highest BCUT2D eigenvalue weighted by Gasteiger charge is 2.20. The summed E-state index contributed by atoms with van der Waals surface area (Å²) in [5, 5.41) is 3.39. The molecule has 0 aliphatic heterocycles. The third-order valence-electron chi connectivity index (χ3n) is 2.95. The van der Waals surface area contributed by atoms with Crippen molar-refractivity contribution >= 4 is 27.5 Å². The minimum Gasteiger partial charge on any atom is -0.348 e. The monoisotopic (exact) mass is 332 g/mol. The molecule has 2 N–H and O–H groups in total. The maximum Gasteiger partial charge on any atom is 0.237 e. The number of amides is 1. The van der Waals surface area contributed by atoms with Gasteiger partial charge in [-0.1, -0.05) is 37.6 Å². The standard InChI is InChI=1S/C14H21ClN2O3S/c1-10(2)8-13(11-4-6-12(15)7-5-11)17-14(18)9-21(19,20)16-3/h4-7,10,13,16H,8-9H2,1-3H3,(H,17,18). The number of nitrogens with one attached hydrogen (secondary N) is 2. The summed E-state index contributed by atoms with van der Waals surface area (Å²) in [6, 6.07) is 6.94. The van der Waals surface area contributed by atoms with Crippen molar-refractivity contribution in [1.29, 1.82) is 0 Å². The molecule has 0 aromatic heterocycles. The fraction of sp³-hybridized carbons (Fsp3) is 0.500. The number of carbonyl (C=O) groups excluding carboxylic acids is 1. The summed E-state index contributed by atoms with van der Waals surface area (Å²) < 4.78 is 24.9. The Morgan fingerprint density at radius 3 is 2.29 bits per heavy atom. The zero-order valence-electron chi connectivity index (χ0n) is 12.4. The van der Waals surface area contributed by atoms with E-state index in [9.17, 15) is 13.2 Å². The van der Waals surface area contributed by atoms with Gasteiger partial charge in [0.05, 0.1) is 6.04 Å². The average Bonchev–Trinajstić information content (AvgIpc) is 2.37. The van der Waals surface area contributed by atoms with Gasteiger partial charge in [-0.3, -0.25) is 4.79 Å². The summed E-state index contributed by atoms with van der Waals surface area (Å²) in [5.41, 5.74) is 0.906. The van der Waals surface area contributed by atoms with Gasteiger partial charge in [-0.15, -0.1) is 0 Å². The number of hydrogen-bond acceptors (Lipinski definition) is 3. The normalized spacial score (nSPS) is 13.2. The Bertz CT molecular complexity index is 570. The van der Waals surface area contributed by atoms with Crippen molar-refractivity contribution in [2.75, 3.05) is 12.8 Å². The highest BCUT2D eigenvalue weighted by atomic mass is 35.5. The van der Waals surface area contributed by atoms with E-state index in [4.69, 9.17) is 11.6 Å². The Kier molecular flexibility index (Phi) is 6.64. The molecule has 0 spiro atoms. The lowest BCUT2D eigenvalue weighted by atomic mass is 9.97. The molecule has 0 fully saturated rings. The molecule has 0 aliphatic rings. The van der Waals surface area contributed by atoms with Crippen LogP contribution in [0, 0.1) is 5.92 Å². The molecule has 1 unspecified atom stereocenters. The van der Waals surface area contributed by atoms with Crippen LogP contribution >= 0.6 is 11.6 Å². The number of benzene rings is 1. The van der Waals surface area contributed by atoms with Crippen LogP contribution in [0.5, 0.6) is 0 Å². The van der Waals surface area contributed by atoms with E-state index < -0.39 is 21.7 Å². The first kappa shape index (κ1) is 17.9. The summed E-state index contributed by atoms with van der Waals surface area (Å²) >= 11 is 5.86. The van der Waals surface area contributed by atoms with E-state index in [0.29, 0.717) is 17.4 Å². The second-order valence-corrected chi connectivity index (χ2v) is 7.63. The lowest BCUT2D eigenvalue weighted by Crippen LogP contribution is -2.37. The highest BCUT2D eigenvalue weighted by Crippen LogP contribution is 2.22. The van der Waals surface area contributed by atoms with E-state index in [1.807, 2.05) is 26.0 Å². The third-order valence-corrected chi connectivity index (χ3v) is 4.46. The fourth-order valence-corrected chi connectivity index (χ4v) is 2.62. The molecule has 1 aromatic carbocycles. The zero-order valence-corrected chi connectivity index (χ0v) is 14.0. The highest BCUT2D eigenvalue weighted by molar-refractivity contribution is 7.90. The van der Waals surface area contributed by atoms with Gasteiger partial charge < -0.3 is 5.32 Å². The topological polar surface area (TPSA) is 75.3 Å². The molecule has 5 nitrogen and oxygen atoms in total. The SMILES string of the molecule is CNS(=O)(=O)CC(=O)NC(CC(C)C)c1ccc(Cl)cc1. The van der Waals surface area contributed by atoms with E-state index in [1.165, 1.54) is 7.05 Å². The maximum absolute atomic E-state index is 11.9. The van der Waals surface area contributed by atoms with Gasteiger partial charge in [0.25, 0.3) is 0 Å². The first-order valence-electron chi connectivity index (χ1n) is 6.69. The summed E-state index contributed by atoms with van der Waals surface area (Å²) in [5.74, 6) is -0.747. The maximum atomic E-state index is 11.9. The molecule has 1 atom stereocenters. The van der Waals surface area contributed by atoms with Gasteiger partial charge in [-0.2, -0.15) is 0 Å². The van der Waals surface area contributed by atoms with Crippen molar-refractivity contribution in [3.63, 3.8) is 0 Å². The molecular formula is C14H21ClN2O3S. The number of sulfonamides is 1. The summed E-state index contributed by atoms with van der Waals surface area (Å²) in [6.07, 6.45) is 0.715. The predicted molar refractivity (Wildman–Crippen MR) is 84.6 cm³/mol. The van der Waals surface area contributed by atoms with Gasteiger partial charge in [0.2, 0.25) is 15.9 Å². The van der Waals surface area contributed by atoms with E-state index >= 15 is 0 Å². The smallest absolute Gasteiger partial charge is 0.237 e. The lowest BCUT2D eigenvalue weighted by Gasteiger charge is -2.21. The molecule has 1 amide bonds. The van der Waals surface area contributed by atoms with Gasteiger partial charge in [-0.25, -0.2) is 13.1 Å². The van der Waals surface area contributed by atoms with E-state index in [-0.39, 0.29) is 6.04 Å². The zero-order chi connectivity index (χ0) is 16.0. The first-order chi connectivity index (χ1) is 9.73. The molecule has 0 aliphatic carbocycles. The summed E-state index contributed by atoms with van der Waals surface area (Å²) in [7, 11) is -2.28. The van der Waals surface area contributed by atoms with Crippen LogP contribution in [-0.2, 0) is 14.8 Å². The van der Waals surface area contributed by atoms with Gasteiger partial charge in [-0.05, 0) is 37.1 Å². The lowest BCUT2D eigenvalue weighted by molar-refractivity contribution is -0.119. The fourth-order valence-electron chi connectivity index (χ4n) is 1.93. The van der Waals surface area contributed by atoms with Crippen LogP contribution in [0.1, 0.15) is 31.9 Å². The van der Waals surface area contributed by atoms with Crippen LogP contribution in [0.15, 0.2) is 24.3 Å². The number of hydrogen-bond donors (Lipinski definition) is 2. The van der Waals surface area contributed by atoms with Crippen molar-refractivity contribution in [1.82, 2.24) is 10.0 Å². The Morgan fingerprint density at radius 1 is 1.24 bits per heavy atom. The minimum atomic E-state index is -3.56. The van der Waals surface area contributed by atoms with Crippen LogP contribution in [0.4, 0.5) is 0 Å². The molecule has 0 saturated carbocycles. The second kappa shape index (κ2) is 7.77. The van der Waals surface area contributed by atoms with Crippen LogP contribution in [0.2, 0.25) is 5.02 Å². The molecular weight excluding hydrogens is 312 g/mol. The molecule has 0 heterocycles. The molecule has 21 heavy (non-hydrogen) atoms. The molecule has 1 rings (SSSR count). The van der Waals surface area contributed by atoms with E-state index in [2.05, 4.69) is 10.0 Å². The quantitative estimate of drug-likeness (QED) is 0.802. The average molecular weight is 333 g/mol. The summed E-state index contributed by atoms with van der Waals surface area (Å²) in [6.45, 7) is 4.08. The van der Waals surface area contributed by atoms with Gasteiger partial charge in [0.15, 0.2) is 0 Å². The number of rotatable bonds is 7. The van der Waals surface area contributed by atoms with Crippen LogP contribution in [0.25, 0.3) is 0 Å². The van der Waals surface area contributed by atoms with Crippen LogP contribution < -0.4 is 10.0 Å². The molecule has 0 radical (unpaired) electrons. The van der Waals surface area contributed by atoms with Crippen molar-refractivity contribution in [2.45, 2.75) is 26.3 Å². The van der Waals surface area contributed by atoms with Gasteiger partial charge in [0, 0.05) is 5.02 Å². The van der Waals surface area contributed by atoms with Crippen molar-refractivity contribution in [3.05, 3.63) is 34.9 Å². The van der Waals surface area contributed by atoms with E-state index in [0.717, 1.165) is 5.56 Å². The van der Waals surface area contributed by atoms with Gasteiger partial charge in [0.1, 0.15) is 5.75 Å². The van der Waals surface area contributed by atoms with Crippen molar-refractivity contribution < 1.29 is 13.2 Å². The molecule has 0 bridgehead atoms. The summed E-state index contributed by atoms with van der Waals surface area (Å²) in [4.78, 5) is 11.9. The van der Waals surface area contributed by atoms with E-state index in [1.54, 1.807) is 12.1 Å². The molecule has 7 heteroatoms. The van der Waals surface area contributed by atoms with Crippen LogP contribution in [0.3, 0.4) is 0 Å². The predicted octanol–water partition coefficient (Wildman–Crippen LogP) is 2.09. The molecule has 0 saturated heterocycles. The number of carbonyl (C=O) groups is 1.